The average molecular weight is 391 g/mol. The van der Waals surface area contributed by atoms with E-state index in [0.29, 0.717) is 22.8 Å². The van der Waals surface area contributed by atoms with Gasteiger partial charge >= 0.3 is 0 Å². The van der Waals surface area contributed by atoms with E-state index in [1.165, 1.54) is 17.0 Å². The number of rotatable bonds is 4. The Labute approximate surface area is 165 Å². The van der Waals surface area contributed by atoms with Crippen molar-refractivity contribution in [1.29, 1.82) is 0 Å². The average Bonchev–Trinajstić information content (AvgIpc) is 3.27. The van der Waals surface area contributed by atoms with Crippen molar-refractivity contribution >= 4 is 40.7 Å². The number of thiocarbonyl (C=S) groups is 1. The zero-order valence-corrected chi connectivity index (χ0v) is 15.2. The van der Waals surface area contributed by atoms with Crippen LogP contribution in [0.4, 0.5) is 11.4 Å². The zero-order chi connectivity index (χ0) is 19.7. The van der Waals surface area contributed by atoms with Crippen LogP contribution in [0.1, 0.15) is 5.76 Å². The number of anilines is 1. The third kappa shape index (κ3) is 3.17. The number of nitro benzene ring substituents is 1. The molecule has 0 unspecified atom stereocenters. The molecule has 1 N–H and O–H groups in total. The number of nitro groups is 1. The Morgan fingerprint density at radius 1 is 1.04 bits per heavy atom. The van der Waals surface area contributed by atoms with Gasteiger partial charge in [0.1, 0.15) is 17.2 Å². The van der Waals surface area contributed by atoms with Crippen molar-refractivity contribution in [2.45, 2.75) is 0 Å². The van der Waals surface area contributed by atoms with E-state index in [1.54, 1.807) is 42.5 Å². The number of amides is 1. The van der Waals surface area contributed by atoms with Crippen molar-refractivity contribution < 1.29 is 14.1 Å². The van der Waals surface area contributed by atoms with Crippen LogP contribution < -0.4 is 10.2 Å². The van der Waals surface area contributed by atoms with E-state index in [2.05, 4.69) is 5.32 Å². The van der Waals surface area contributed by atoms with Crippen molar-refractivity contribution in [2.75, 3.05) is 4.90 Å². The number of nitrogens with one attached hydrogen (secondary N) is 1. The summed E-state index contributed by atoms with van der Waals surface area (Å²) in [4.78, 5) is 24.9. The van der Waals surface area contributed by atoms with Crippen LogP contribution in [-0.2, 0) is 4.79 Å². The SMILES string of the molecule is O=C1/C(=C\c2ccc(-c3ccccc3[N+](=O)[O-])o2)NC(=S)N1c1ccccc1. The first kappa shape index (κ1) is 17.6. The molecule has 3 aromatic rings. The molecule has 28 heavy (non-hydrogen) atoms. The minimum absolute atomic E-state index is 0.0532. The highest BCUT2D eigenvalue weighted by molar-refractivity contribution is 7.80. The quantitative estimate of drug-likeness (QED) is 0.312. The number of hydrogen-bond acceptors (Lipinski definition) is 5. The first-order valence-electron chi connectivity index (χ1n) is 8.30. The number of benzene rings is 2. The molecule has 0 saturated carbocycles. The Balaban J connectivity index is 1.64. The Bertz CT molecular complexity index is 1120. The molecule has 8 heteroatoms. The van der Waals surface area contributed by atoms with E-state index < -0.39 is 4.92 Å². The van der Waals surface area contributed by atoms with E-state index in [1.807, 2.05) is 18.2 Å². The lowest BCUT2D eigenvalue weighted by molar-refractivity contribution is -0.384. The van der Waals surface area contributed by atoms with Crippen LogP contribution in [0.2, 0.25) is 0 Å². The summed E-state index contributed by atoms with van der Waals surface area (Å²) in [5.41, 5.74) is 1.23. The Morgan fingerprint density at radius 2 is 1.75 bits per heavy atom. The smallest absolute Gasteiger partial charge is 0.281 e. The van der Waals surface area contributed by atoms with Gasteiger partial charge in [0.15, 0.2) is 5.11 Å². The van der Waals surface area contributed by atoms with Crippen LogP contribution in [0.15, 0.2) is 76.8 Å². The molecule has 4 rings (SSSR count). The van der Waals surface area contributed by atoms with Gasteiger partial charge in [0.25, 0.3) is 11.6 Å². The van der Waals surface area contributed by atoms with Crippen molar-refractivity contribution in [3.63, 3.8) is 0 Å². The summed E-state index contributed by atoms with van der Waals surface area (Å²) >= 11 is 5.27. The fourth-order valence-electron chi connectivity index (χ4n) is 2.91. The Hall–Kier alpha value is -3.78. The van der Waals surface area contributed by atoms with E-state index >= 15 is 0 Å². The van der Waals surface area contributed by atoms with Gasteiger partial charge in [0, 0.05) is 12.1 Å². The molecule has 1 fully saturated rings. The normalized spacial score (nSPS) is 15.1. The van der Waals surface area contributed by atoms with Gasteiger partial charge in [0.2, 0.25) is 0 Å². The topological polar surface area (TPSA) is 88.6 Å². The Morgan fingerprint density at radius 3 is 2.50 bits per heavy atom. The van der Waals surface area contributed by atoms with Crippen LogP contribution in [-0.4, -0.2) is 15.9 Å². The van der Waals surface area contributed by atoms with Gasteiger partial charge in [-0.05, 0) is 42.5 Å². The van der Waals surface area contributed by atoms with Crippen LogP contribution in [0.5, 0.6) is 0 Å². The molecule has 0 radical (unpaired) electrons. The molecule has 1 amide bonds. The third-order valence-electron chi connectivity index (χ3n) is 4.17. The number of carbonyl (C=O) groups excluding carboxylic acids is 1. The van der Waals surface area contributed by atoms with Gasteiger partial charge in [-0.3, -0.25) is 19.8 Å². The van der Waals surface area contributed by atoms with Crippen LogP contribution in [0.25, 0.3) is 17.4 Å². The number of furan rings is 1. The van der Waals surface area contributed by atoms with Crippen LogP contribution in [0.3, 0.4) is 0 Å². The molecule has 7 nitrogen and oxygen atoms in total. The first-order valence-corrected chi connectivity index (χ1v) is 8.71. The number of hydrogen-bond donors (Lipinski definition) is 1. The van der Waals surface area contributed by atoms with Crippen LogP contribution in [0, 0.1) is 10.1 Å². The molecule has 0 spiro atoms. The van der Waals surface area contributed by atoms with Gasteiger partial charge in [-0.2, -0.15) is 0 Å². The molecule has 0 atom stereocenters. The minimum Gasteiger partial charge on any atom is -0.456 e. The highest BCUT2D eigenvalue weighted by atomic mass is 32.1. The summed E-state index contributed by atoms with van der Waals surface area (Å²) < 4.78 is 5.71. The van der Waals surface area contributed by atoms with Gasteiger partial charge < -0.3 is 9.73 Å². The zero-order valence-electron chi connectivity index (χ0n) is 14.4. The third-order valence-corrected chi connectivity index (χ3v) is 4.46. The maximum absolute atomic E-state index is 12.7. The van der Waals surface area contributed by atoms with Crippen molar-refractivity contribution in [1.82, 2.24) is 5.32 Å². The number of para-hydroxylation sites is 2. The summed E-state index contributed by atoms with van der Waals surface area (Å²) in [6.45, 7) is 0. The molecule has 0 bridgehead atoms. The number of nitrogens with zero attached hydrogens (tertiary/aromatic N) is 2. The molecule has 138 valence electrons. The summed E-state index contributed by atoms with van der Waals surface area (Å²) in [5, 5.41) is 14.4. The molecule has 0 aliphatic carbocycles. The highest BCUT2D eigenvalue weighted by Gasteiger charge is 2.32. The van der Waals surface area contributed by atoms with Gasteiger partial charge in [-0.1, -0.05) is 30.3 Å². The lowest BCUT2D eigenvalue weighted by Gasteiger charge is -2.13. The standard InChI is InChI=1S/C20H13N3O4S/c24-19-16(21-20(28)22(19)13-6-2-1-3-7-13)12-14-10-11-18(27-14)15-8-4-5-9-17(15)23(25)26/h1-12H,(H,21,28)/b16-12+. The molecule has 1 aliphatic rings. The largest absolute Gasteiger partial charge is 0.456 e. The molecular weight excluding hydrogens is 378 g/mol. The first-order chi connectivity index (χ1) is 13.5. The molecule has 1 aliphatic heterocycles. The monoisotopic (exact) mass is 391 g/mol. The van der Waals surface area contributed by atoms with Crippen LogP contribution >= 0.6 is 12.2 Å². The fraction of sp³-hybridized carbons (Fsp3) is 0. The molecule has 1 aromatic heterocycles. The van der Waals surface area contributed by atoms with Crippen molar-refractivity contribution in [3.8, 4) is 11.3 Å². The molecule has 2 heterocycles. The fourth-order valence-corrected chi connectivity index (χ4v) is 3.20. The van der Waals surface area contributed by atoms with Crippen molar-refractivity contribution in [2.24, 2.45) is 0 Å². The van der Waals surface area contributed by atoms with Gasteiger partial charge in [-0.15, -0.1) is 0 Å². The molecule has 1 saturated heterocycles. The van der Waals surface area contributed by atoms with E-state index in [4.69, 9.17) is 16.6 Å². The van der Waals surface area contributed by atoms with E-state index in [0.717, 1.165) is 0 Å². The summed E-state index contributed by atoms with van der Waals surface area (Å²) in [7, 11) is 0. The maximum atomic E-state index is 12.7. The Kier molecular flexibility index (Phi) is 4.46. The van der Waals surface area contributed by atoms with E-state index in [9.17, 15) is 14.9 Å². The van der Waals surface area contributed by atoms with E-state index in [-0.39, 0.29) is 22.4 Å². The summed E-state index contributed by atoms with van der Waals surface area (Å²) in [6.07, 6.45) is 1.52. The predicted octanol–water partition coefficient (Wildman–Crippen LogP) is 4.12. The maximum Gasteiger partial charge on any atom is 0.281 e. The van der Waals surface area contributed by atoms with Crippen molar-refractivity contribution in [3.05, 3.63) is 88.3 Å². The highest BCUT2D eigenvalue weighted by Crippen LogP contribution is 2.31. The molecule has 2 aromatic carbocycles. The van der Waals surface area contributed by atoms with Gasteiger partial charge in [-0.25, -0.2) is 0 Å². The summed E-state index contributed by atoms with van der Waals surface area (Å²) in [5.74, 6) is 0.411. The second kappa shape index (κ2) is 7.09. The lowest BCUT2D eigenvalue weighted by atomic mass is 10.1. The second-order valence-corrected chi connectivity index (χ2v) is 6.33. The van der Waals surface area contributed by atoms with Gasteiger partial charge in [0.05, 0.1) is 16.2 Å². The minimum atomic E-state index is -0.464. The summed E-state index contributed by atoms with van der Waals surface area (Å²) in [6, 6.07) is 18.6. The number of carbonyl (C=O) groups is 1. The molecular formula is C20H13N3O4S. The second-order valence-electron chi connectivity index (χ2n) is 5.94. The predicted molar refractivity (Wildman–Crippen MR) is 108 cm³/mol. The lowest BCUT2D eigenvalue weighted by Crippen LogP contribution is -2.30.